The predicted molar refractivity (Wildman–Crippen MR) is 69.2 cm³/mol. The number of aryl methyl sites for hydroxylation is 1. The van der Waals surface area contributed by atoms with Gasteiger partial charge in [-0.15, -0.1) is 0 Å². The number of methoxy groups -OCH3 is 1. The van der Waals surface area contributed by atoms with Crippen LogP contribution >= 0.6 is 0 Å². The van der Waals surface area contributed by atoms with Gasteiger partial charge in [-0.25, -0.2) is 9.18 Å². The molecule has 0 spiro atoms. The van der Waals surface area contributed by atoms with E-state index in [4.69, 9.17) is 14.9 Å². The lowest BCUT2D eigenvalue weighted by molar-refractivity contribution is 0.209. The molecule has 3 N–H and O–H groups in total. The number of amides is 1. The van der Waals surface area contributed by atoms with Gasteiger partial charge < -0.3 is 14.9 Å². The van der Waals surface area contributed by atoms with Crippen LogP contribution in [0.2, 0.25) is 0 Å². The molecular weight excluding hydrogens is 253 g/mol. The van der Waals surface area contributed by atoms with Crippen molar-refractivity contribution in [3.05, 3.63) is 23.5 Å². The Morgan fingerprint density at radius 2 is 2.11 bits per heavy atom. The summed E-state index contributed by atoms with van der Waals surface area (Å²) >= 11 is 0. The second-order valence-electron chi connectivity index (χ2n) is 4.08. The fourth-order valence-electron chi connectivity index (χ4n) is 1.81. The Morgan fingerprint density at radius 1 is 1.37 bits per heavy atom. The van der Waals surface area contributed by atoms with Crippen molar-refractivity contribution in [2.45, 2.75) is 25.7 Å². The van der Waals surface area contributed by atoms with E-state index in [1.165, 1.54) is 13.2 Å². The summed E-state index contributed by atoms with van der Waals surface area (Å²) in [6.45, 7) is 0.132. The molecule has 0 atom stereocenters. The topological polar surface area (TPSA) is 78.8 Å². The molecule has 1 aromatic rings. The van der Waals surface area contributed by atoms with Crippen molar-refractivity contribution in [2.75, 3.05) is 19.0 Å². The zero-order chi connectivity index (χ0) is 14.3. The molecule has 0 bridgehead atoms. The number of aliphatic hydroxyl groups is 1. The molecule has 6 heteroatoms. The molecule has 19 heavy (non-hydrogen) atoms. The predicted octanol–water partition coefficient (Wildman–Crippen LogP) is 2.63. The summed E-state index contributed by atoms with van der Waals surface area (Å²) in [4.78, 5) is 10.6. The minimum Gasteiger partial charge on any atom is -0.492 e. The van der Waals surface area contributed by atoms with E-state index in [1.807, 2.05) is 0 Å². The second-order valence-corrected chi connectivity index (χ2v) is 4.08. The van der Waals surface area contributed by atoms with E-state index in [9.17, 15) is 9.18 Å². The van der Waals surface area contributed by atoms with Crippen molar-refractivity contribution in [3.63, 3.8) is 0 Å². The Balaban J connectivity index is 2.81. The SMILES string of the molecule is COc1c(NC(=O)O)ccc(CCCCCO)c1F. The van der Waals surface area contributed by atoms with E-state index >= 15 is 0 Å². The first-order valence-corrected chi connectivity index (χ1v) is 6.06. The van der Waals surface area contributed by atoms with Crippen LogP contribution < -0.4 is 10.1 Å². The number of aliphatic hydroxyl groups excluding tert-OH is 1. The largest absolute Gasteiger partial charge is 0.492 e. The van der Waals surface area contributed by atoms with Crippen molar-refractivity contribution in [2.24, 2.45) is 0 Å². The number of rotatable bonds is 7. The average molecular weight is 271 g/mol. The fraction of sp³-hybridized carbons (Fsp3) is 0.462. The highest BCUT2D eigenvalue weighted by atomic mass is 19.1. The number of anilines is 1. The van der Waals surface area contributed by atoms with E-state index < -0.39 is 11.9 Å². The van der Waals surface area contributed by atoms with Crippen LogP contribution in [-0.4, -0.2) is 30.0 Å². The lowest BCUT2D eigenvalue weighted by Crippen LogP contribution is -2.10. The van der Waals surface area contributed by atoms with Crippen LogP contribution in [0.3, 0.4) is 0 Å². The molecule has 0 fully saturated rings. The third-order valence-electron chi connectivity index (χ3n) is 2.73. The Morgan fingerprint density at radius 3 is 2.68 bits per heavy atom. The van der Waals surface area contributed by atoms with Gasteiger partial charge in [0.05, 0.1) is 12.8 Å². The van der Waals surface area contributed by atoms with Crippen LogP contribution in [0.15, 0.2) is 12.1 Å². The number of unbranched alkanes of at least 4 members (excludes halogenated alkanes) is 2. The van der Waals surface area contributed by atoms with Gasteiger partial charge in [-0.05, 0) is 30.9 Å². The third kappa shape index (κ3) is 4.40. The van der Waals surface area contributed by atoms with Gasteiger partial charge in [0.2, 0.25) is 0 Å². The highest BCUT2D eigenvalue weighted by Crippen LogP contribution is 2.30. The molecule has 5 nitrogen and oxygen atoms in total. The Labute approximate surface area is 111 Å². The number of ether oxygens (including phenoxy) is 1. The standard InChI is InChI=1S/C13H18FNO4/c1-19-12-10(15-13(17)18)7-6-9(11(12)14)5-3-2-4-8-16/h6-7,15-16H,2-5,8H2,1H3,(H,17,18). The molecule has 0 aliphatic heterocycles. The molecule has 0 aromatic heterocycles. The molecule has 0 aliphatic carbocycles. The van der Waals surface area contributed by atoms with Crippen LogP contribution in [-0.2, 0) is 6.42 Å². The zero-order valence-electron chi connectivity index (χ0n) is 10.8. The van der Waals surface area contributed by atoms with E-state index in [0.29, 0.717) is 18.4 Å². The summed E-state index contributed by atoms with van der Waals surface area (Å²) in [5.41, 5.74) is 0.567. The summed E-state index contributed by atoms with van der Waals surface area (Å²) in [7, 11) is 1.29. The van der Waals surface area contributed by atoms with Crippen LogP contribution in [0, 0.1) is 5.82 Å². The van der Waals surface area contributed by atoms with Gasteiger partial charge in [-0.2, -0.15) is 0 Å². The number of hydrogen-bond donors (Lipinski definition) is 3. The average Bonchev–Trinajstić information content (AvgIpc) is 2.36. The minimum absolute atomic E-state index is 0.0895. The fourth-order valence-corrected chi connectivity index (χ4v) is 1.81. The Hall–Kier alpha value is -1.82. The minimum atomic E-state index is -1.27. The highest BCUT2D eigenvalue weighted by molar-refractivity contribution is 5.85. The Kier molecular flexibility index (Phi) is 6.08. The van der Waals surface area contributed by atoms with Crippen LogP contribution in [0.25, 0.3) is 0 Å². The lowest BCUT2D eigenvalue weighted by Gasteiger charge is -2.12. The number of hydrogen-bond acceptors (Lipinski definition) is 3. The first-order chi connectivity index (χ1) is 9.10. The molecule has 0 heterocycles. The first kappa shape index (κ1) is 15.2. The normalized spacial score (nSPS) is 10.3. The molecule has 1 aromatic carbocycles. The number of carbonyl (C=O) groups is 1. The highest BCUT2D eigenvalue weighted by Gasteiger charge is 2.15. The molecule has 0 saturated heterocycles. The summed E-state index contributed by atoms with van der Waals surface area (Å²) in [6.07, 6.45) is 1.51. The molecule has 1 amide bonds. The Bertz CT molecular complexity index is 437. The number of benzene rings is 1. The maximum atomic E-state index is 14.1. The molecule has 0 radical (unpaired) electrons. The van der Waals surface area contributed by atoms with E-state index in [0.717, 1.165) is 12.8 Å². The van der Waals surface area contributed by atoms with Crippen LogP contribution in [0.4, 0.5) is 14.9 Å². The van der Waals surface area contributed by atoms with Gasteiger partial charge in [-0.3, -0.25) is 5.32 Å². The molecule has 106 valence electrons. The smallest absolute Gasteiger partial charge is 0.409 e. The third-order valence-corrected chi connectivity index (χ3v) is 2.73. The number of nitrogens with one attached hydrogen (secondary N) is 1. The first-order valence-electron chi connectivity index (χ1n) is 6.06. The monoisotopic (exact) mass is 271 g/mol. The van der Waals surface area contributed by atoms with Crippen LogP contribution in [0.5, 0.6) is 5.75 Å². The van der Waals surface area contributed by atoms with Crippen molar-refractivity contribution in [1.29, 1.82) is 0 Å². The second kappa shape index (κ2) is 7.58. The van der Waals surface area contributed by atoms with Crippen LogP contribution in [0.1, 0.15) is 24.8 Å². The van der Waals surface area contributed by atoms with Gasteiger partial charge in [0.25, 0.3) is 0 Å². The number of carboxylic acid groups (broad SMARTS) is 1. The van der Waals surface area contributed by atoms with Gasteiger partial charge in [0.15, 0.2) is 11.6 Å². The molecular formula is C13H18FNO4. The maximum absolute atomic E-state index is 14.1. The molecule has 0 saturated carbocycles. The lowest BCUT2D eigenvalue weighted by atomic mass is 10.1. The van der Waals surface area contributed by atoms with E-state index in [1.54, 1.807) is 6.07 Å². The van der Waals surface area contributed by atoms with Crippen molar-refractivity contribution in [3.8, 4) is 5.75 Å². The van der Waals surface area contributed by atoms with Crippen molar-refractivity contribution < 1.29 is 24.1 Å². The summed E-state index contributed by atoms with van der Waals surface area (Å²) in [5, 5.41) is 19.4. The van der Waals surface area contributed by atoms with Gasteiger partial charge in [0, 0.05) is 6.61 Å². The molecule has 1 rings (SSSR count). The van der Waals surface area contributed by atoms with E-state index in [2.05, 4.69) is 5.32 Å². The quantitative estimate of drug-likeness (QED) is 0.666. The zero-order valence-corrected chi connectivity index (χ0v) is 10.8. The number of halogens is 1. The van der Waals surface area contributed by atoms with E-state index in [-0.39, 0.29) is 18.0 Å². The van der Waals surface area contributed by atoms with Gasteiger partial charge in [0.1, 0.15) is 0 Å². The van der Waals surface area contributed by atoms with Gasteiger partial charge in [-0.1, -0.05) is 12.5 Å². The summed E-state index contributed by atoms with van der Waals surface area (Å²) in [6, 6.07) is 3.03. The van der Waals surface area contributed by atoms with Crippen molar-refractivity contribution in [1.82, 2.24) is 0 Å². The van der Waals surface area contributed by atoms with Gasteiger partial charge >= 0.3 is 6.09 Å². The summed E-state index contributed by atoms with van der Waals surface area (Å²) in [5.74, 6) is -0.639. The molecule has 0 unspecified atom stereocenters. The van der Waals surface area contributed by atoms with Crippen molar-refractivity contribution >= 4 is 11.8 Å². The maximum Gasteiger partial charge on any atom is 0.409 e. The molecule has 0 aliphatic rings. The summed E-state index contributed by atoms with van der Waals surface area (Å²) < 4.78 is 19.0.